The summed E-state index contributed by atoms with van der Waals surface area (Å²) in [7, 11) is 0. The van der Waals surface area contributed by atoms with Crippen LogP contribution in [-0.4, -0.2) is 11.6 Å². The molecule has 2 aromatic rings. The van der Waals surface area contributed by atoms with Gasteiger partial charge in [-0.05, 0) is 28.2 Å². The molecule has 29 heavy (non-hydrogen) atoms. The summed E-state index contributed by atoms with van der Waals surface area (Å²) < 4.78 is 6.33. The Morgan fingerprint density at radius 2 is 1.66 bits per heavy atom. The largest absolute Gasteiger partial charge is 0.459 e. The second-order valence-electron chi connectivity index (χ2n) is 10.2. The Bertz CT molecular complexity index is 1220. The van der Waals surface area contributed by atoms with Crippen LogP contribution in [0, 0.1) is 22.2 Å². The van der Waals surface area contributed by atoms with Crippen molar-refractivity contribution in [2.24, 2.45) is 10.8 Å². The number of hydrogen-bond acceptors (Lipinski definition) is 4. The van der Waals surface area contributed by atoms with Crippen LogP contribution >= 0.6 is 0 Å². The fourth-order valence-corrected chi connectivity index (χ4v) is 5.32. The van der Waals surface area contributed by atoms with E-state index in [-0.39, 0.29) is 22.4 Å². The lowest BCUT2D eigenvalue weighted by Gasteiger charge is -2.37. The van der Waals surface area contributed by atoms with Crippen molar-refractivity contribution in [2.75, 3.05) is 0 Å². The molecule has 0 spiro atoms. The van der Waals surface area contributed by atoms with Gasteiger partial charge in [-0.25, -0.2) is 0 Å². The number of hydrogen-bond donors (Lipinski definition) is 0. The second kappa shape index (κ2) is 5.57. The number of Topliss-reactive ketones (excluding diaryl/α,β-unsaturated/α-hetero) is 2. The first kappa shape index (κ1) is 18.1. The Kier molecular flexibility index (Phi) is 3.48. The van der Waals surface area contributed by atoms with Crippen LogP contribution in [0.2, 0.25) is 0 Å². The van der Waals surface area contributed by atoms with Gasteiger partial charge in [0, 0.05) is 35.8 Å². The molecule has 2 aliphatic carbocycles. The number of carbonyl (C=O) groups is 2. The number of nitrogens with zero attached hydrogens (tertiary/aromatic N) is 1. The van der Waals surface area contributed by atoms with Crippen molar-refractivity contribution in [3.63, 3.8) is 0 Å². The van der Waals surface area contributed by atoms with Gasteiger partial charge in [-0.2, -0.15) is 5.26 Å². The molecule has 1 aliphatic heterocycles. The number of carbonyl (C=O) groups excluding carboxylic acids is 2. The Labute approximate surface area is 170 Å². The van der Waals surface area contributed by atoms with E-state index in [0.29, 0.717) is 53.9 Å². The van der Waals surface area contributed by atoms with Crippen molar-refractivity contribution in [3.05, 3.63) is 46.2 Å². The third-order valence-electron chi connectivity index (χ3n) is 6.41. The molecule has 0 fully saturated rings. The van der Waals surface area contributed by atoms with E-state index < -0.39 is 0 Å². The lowest BCUT2D eigenvalue weighted by Crippen LogP contribution is -2.31. The van der Waals surface area contributed by atoms with Gasteiger partial charge < -0.3 is 4.74 Å². The number of nitriles is 1. The number of fused-ring (bicyclic) bond motifs is 3. The number of ether oxygens (including phenoxy) is 1. The molecule has 146 valence electrons. The summed E-state index contributed by atoms with van der Waals surface area (Å²) in [5.41, 5.74) is 2.92. The summed E-state index contributed by atoms with van der Waals surface area (Å²) >= 11 is 0. The van der Waals surface area contributed by atoms with Crippen LogP contribution in [0.15, 0.2) is 24.0 Å². The Morgan fingerprint density at radius 1 is 0.966 bits per heavy atom. The maximum absolute atomic E-state index is 13.1. The van der Waals surface area contributed by atoms with E-state index >= 15 is 0 Å². The van der Waals surface area contributed by atoms with E-state index in [2.05, 4.69) is 33.8 Å². The van der Waals surface area contributed by atoms with E-state index in [0.717, 1.165) is 21.9 Å². The minimum Gasteiger partial charge on any atom is -0.459 e. The van der Waals surface area contributed by atoms with Crippen LogP contribution in [0.25, 0.3) is 16.3 Å². The first-order valence-electron chi connectivity index (χ1n) is 10.1. The third kappa shape index (κ3) is 2.50. The smallest absolute Gasteiger partial charge is 0.167 e. The highest BCUT2D eigenvalue weighted by Gasteiger charge is 2.41. The zero-order valence-electron chi connectivity index (χ0n) is 17.2. The molecule has 4 nitrogen and oxygen atoms in total. The molecule has 0 atom stereocenters. The molecule has 0 saturated heterocycles. The average molecular weight is 385 g/mol. The third-order valence-corrected chi connectivity index (χ3v) is 6.41. The van der Waals surface area contributed by atoms with Gasteiger partial charge in [-0.1, -0.05) is 45.9 Å². The zero-order chi connectivity index (χ0) is 20.7. The van der Waals surface area contributed by atoms with Crippen molar-refractivity contribution in [3.8, 4) is 11.8 Å². The highest BCUT2D eigenvalue weighted by Crippen LogP contribution is 2.52. The number of benzene rings is 2. The summed E-state index contributed by atoms with van der Waals surface area (Å²) in [5.74, 6) is 1.31. The summed E-state index contributed by atoms with van der Waals surface area (Å²) in [6, 6.07) is 8.08. The average Bonchev–Trinajstić information content (AvgIpc) is 2.59. The highest BCUT2D eigenvalue weighted by atomic mass is 16.5. The molecule has 0 bridgehead atoms. The van der Waals surface area contributed by atoms with Crippen molar-refractivity contribution >= 4 is 27.9 Å². The van der Waals surface area contributed by atoms with Crippen LogP contribution in [0.1, 0.15) is 74.0 Å². The summed E-state index contributed by atoms with van der Waals surface area (Å²) in [5, 5.41) is 11.6. The lowest BCUT2D eigenvalue weighted by atomic mass is 9.69. The Morgan fingerprint density at radius 3 is 2.38 bits per heavy atom. The second-order valence-corrected chi connectivity index (χ2v) is 10.2. The standard InChI is InChI=1S/C25H23NO3/c1-24(2)8-15-16(12-26)23-21-13(20(15)17(27)9-24)6-5-7-14(21)22-18(28)10-25(3,4)11-19(22)29-23/h5-7H,8-11H2,1-4H3. The van der Waals surface area contributed by atoms with E-state index in [4.69, 9.17) is 4.74 Å². The maximum Gasteiger partial charge on any atom is 0.167 e. The Hall–Kier alpha value is -2.93. The highest BCUT2D eigenvalue weighted by molar-refractivity contribution is 6.28. The van der Waals surface area contributed by atoms with Gasteiger partial charge in [0.2, 0.25) is 0 Å². The van der Waals surface area contributed by atoms with Crippen molar-refractivity contribution in [1.82, 2.24) is 0 Å². The molecule has 0 amide bonds. The first-order chi connectivity index (χ1) is 13.6. The number of allylic oxidation sites excluding steroid dienone is 2. The van der Waals surface area contributed by atoms with E-state index in [1.54, 1.807) is 0 Å². The van der Waals surface area contributed by atoms with Crippen molar-refractivity contribution in [2.45, 2.75) is 53.4 Å². The van der Waals surface area contributed by atoms with Gasteiger partial charge in [-0.15, -0.1) is 0 Å². The summed E-state index contributed by atoms with van der Waals surface area (Å²) in [6.07, 6.45) is 2.22. The lowest BCUT2D eigenvalue weighted by molar-refractivity contribution is -0.116. The molecule has 4 heteroatoms. The van der Waals surface area contributed by atoms with Crippen LogP contribution in [0.4, 0.5) is 0 Å². The van der Waals surface area contributed by atoms with Crippen LogP contribution < -0.4 is 4.74 Å². The minimum atomic E-state index is -0.199. The van der Waals surface area contributed by atoms with Gasteiger partial charge in [-0.3, -0.25) is 9.59 Å². The van der Waals surface area contributed by atoms with Gasteiger partial charge >= 0.3 is 0 Å². The van der Waals surface area contributed by atoms with E-state index in [9.17, 15) is 14.9 Å². The Balaban J connectivity index is 1.89. The molecule has 5 rings (SSSR count). The van der Waals surface area contributed by atoms with Crippen LogP contribution in [0.3, 0.4) is 0 Å². The quantitative estimate of drug-likeness (QED) is 0.612. The minimum absolute atomic E-state index is 0.0623. The van der Waals surface area contributed by atoms with E-state index in [1.807, 2.05) is 18.2 Å². The molecule has 0 saturated carbocycles. The topological polar surface area (TPSA) is 67.2 Å². The predicted molar refractivity (Wildman–Crippen MR) is 111 cm³/mol. The zero-order valence-corrected chi connectivity index (χ0v) is 17.2. The molecule has 0 unspecified atom stereocenters. The van der Waals surface area contributed by atoms with E-state index in [1.165, 1.54) is 0 Å². The number of ketones is 2. The predicted octanol–water partition coefficient (Wildman–Crippen LogP) is 5.36. The van der Waals surface area contributed by atoms with Crippen molar-refractivity contribution < 1.29 is 14.3 Å². The molecule has 2 aromatic carbocycles. The molecule has 1 heterocycles. The molecule has 0 radical (unpaired) electrons. The molecule has 0 aromatic heterocycles. The molecular formula is C25H23NO3. The SMILES string of the molecule is CC1(C)CC(=O)C2=C(C1)Oc1c(C#N)c3c(c4cccc2c14)C(=O)CC(C)(C)C3. The summed E-state index contributed by atoms with van der Waals surface area (Å²) in [6.45, 7) is 8.25. The van der Waals surface area contributed by atoms with Crippen LogP contribution in [0.5, 0.6) is 5.75 Å². The molecule has 0 N–H and O–H groups in total. The molecular weight excluding hydrogens is 362 g/mol. The summed E-state index contributed by atoms with van der Waals surface area (Å²) in [4.78, 5) is 26.1. The normalized spacial score (nSPS) is 21.3. The maximum atomic E-state index is 13.1. The van der Waals surface area contributed by atoms with Crippen LogP contribution in [-0.2, 0) is 11.2 Å². The van der Waals surface area contributed by atoms with Gasteiger partial charge in [0.15, 0.2) is 17.3 Å². The van der Waals surface area contributed by atoms with Gasteiger partial charge in [0.1, 0.15) is 11.8 Å². The van der Waals surface area contributed by atoms with Gasteiger partial charge in [0.05, 0.1) is 11.1 Å². The number of rotatable bonds is 0. The first-order valence-corrected chi connectivity index (χ1v) is 10.1. The fraction of sp³-hybridized carbons (Fsp3) is 0.400. The van der Waals surface area contributed by atoms with Gasteiger partial charge in [0.25, 0.3) is 0 Å². The molecule has 3 aliphatic rings. The fourth-order valence-electron chi connectivity index (χ4n) is 5.32. The monoisotopic (exact) mass is 385 g/mol. The van der Waals surface area contributed by atoms with Crippen molar-refractivity contribution in [1.29, 1.82) is 5.26 Å².